The van der Waals surface area contributed by atoms with E-state index in [0.29, 0.717) is 0 Å². The van der Waals surface area contributed by atoms with Gasteiger partial charge in [-0.3, -0.25) is 0 Å². The van der Waals surface area contributed by atoms with Gasteiger partial charge >= 0.3 is 7.80 Å². The molecule has 0 unspecified atom stereocenters. The summed E-state index contributed by atoms with van der Waals surface area (Å²) in [4.78, 5) is 0. The molecule has 0 aliphatic rings. The van der Waals surface area contributed by atoms with Crippen LogP contribution in [0.3, 0.4) is 0 Å². The van der Waals surface area contributed by atoms with Crippen molar-refractivity contribution in [1.82, 2.24) is 0 Å². The maximum atomic E-state index is 13.0. The third-order valence-corrected chi connectivity index (χ3v) is 5.54. The maximum absolute atomic E-state index is 13.0. The topological polar surface area (TPSA) is 17.1 Å². The molecule has 2 heteroatoms. The van der Waals surface area contributed by atoms with Gasteiger partial charge < -0.3 is 0 Å². The van der Waals surface area contributed by atoms with Crippen molar-refractivity contribution in [3.05, 3.63) is 0 Å². The zero-order valence-electron chi connectivity index (χ0n) is 14.3. The number of rotatable bonds is 4. The van der Waals surface area contributed by atoms with Crippen molar-refractivity contribution in [1.29, 1.82) is 0 Å². The third-order valence-electron chi connectivity index (χ3n) is 3.03. The summed E-state index contributed by atoms with van der Waals surface area (Å²) in [6.07, 6.45) is 2.01. The van der Waals surface area contributed by atoms with E-state index in [4.69, 9.17) is 0 Å². The third kappa shape index (κ3) is 6.32. The normalized spacial score (nSPS) is 14.8. The highest BCUT2D eigenvalue weighted by molar-refractivity contribution is 7.48. The average molecular weight is 273 g/mol. The Morgan fingerprint density at radius 1 is 0.611 bits per heavy atom. The van der Waals surface area contributed by atoms with Gasteiger partial charge in [-0.2, -0.15) is 0 Å². The van der Waals surface area contributed by atoms with Crippen molar-refractivity contribution in [3.8, 4) is 0 Å². The lowest BCUT2D eigenvalue weighted by Gasteiger charge is -2.31. The highest BCUT2D eigenvalue weighted by Crippen LogP contribution is 2.57. The van der Waals surface area contributed by atoms with Gasteiger partial charge in [-0.05, 0) is 38.5 Å². The minimum atomic E-state index is -1.25. The molecule has 0 N–H and O–H groups in total. The van der Waals surface area contributed by atoms with Crippen LogP contribution in [0.5, 0.6) is 0 Å². The maximum Gasteiger partial charge on any atom is 0.350 e. The van der Waals surface area contributed by atoms with Crippen LogP contribution in [0.2, 0.25) is 0 Å². The van der Waals surface area contributed by atoms with E-state index < -0.39 is 7.80 Å². The number of hydrogen-bond donors (Lipinski definition) is 0. The standard InChI is InChI=1S/C16H34OP/c1-13(2,3)11-15(7,8)18(17)16(9,10)12-14(4,5)6/h11-12H2,1-10H3/q+1. The molecule has 0 aromatic carbocycles. The molecule has 0 amide bonds. The molecule has 0 aromatic heterocycles. The minimum Gasteiger partial charge on any atom is -0.0736 e. The highest BCUT2D eigenvalue weighted by Gasteiger charge is 2.53. The minimum absolute atomic E-state index is 0.0949. The number of hydrogen-bond acceptors (Lipinski definition) is 1. The summed E-state index contributed by atoms with van der Waals surface area (Å²) in [5.41, 5.74) is 0.457. The van der Waals surface area contributed by atoms with E-state index in [-0.39, 0.29) is 21.1 Å². The first-order valence-corrected chi connectivity index (χ1v) is 8.30. The predicted molar refractivity (Wildman–Crippen MR) is 83.9 cm³/mol. The molecule has 0 bridgehead atoms. The van der Waals surface area contributed by atoms with Crippen molar-refractivity contribution in [2.75, 3.05) is 0 Å². The molecule has 18 heavy (non-hydrogen) atoms. The molecular formula is C16H34OP+. The van der Waals surface area contributed by atoms with Crippen molar-refractivity contribution in [2.24, 2.45) is 10.8 Å². The van der Waals surface area contributed by atoms with Gasteiger partial charge in [-0.1, -0.05) is 46.1 Å². The summed E-state index contributed by atoms with van der Waals surface area (Å²) in [5, 5.41) is -0.190. The monoisotopic (exact) mass is 273 g/mol. The van der Waals surface area contributed by atoms with E-state index in [2.05, 4.69) is 69.2 Å². The quantitative estimate of drug-likeness (QED) is 0.554. The molecule has 0 aliphatic heterocycles. The van der Waals surface area contributed by atoms with Crippen LogP contribution in [0.4, 0.5) is 0 Å². The van der Waals surface area contributed by atoms with Crippen LogP contribution in [0, 0.1) is 10.8 Å². The zero-order chi connectivity index (χ0) is 15.0. The van der Waals surface area contributed by atoms with Gasteiger partial charge in [-0.15, -0.1) is 0 Å². The molecule has 0 rings (SSSR count). The summed E-state index contributed by atoms with van der Waals surface area (Å²) < 4.78 is 13.0. The molecule has 108 valence electrons. The van der Waals surface area contributed by atoms with Crippen LogP contribution in [0.25, 0.3) is 0 Å². The average Bonchev–Trinajstić information content (AvgIpc) is 1.92. The lowest BCUT2D eigenvalue weighted by atomic mass is 9.85. The fraction of sp³-hybridized carbons (Fsp3) is 1.00. The smallest absolute Gasteiger partial charge is 0.0736 e. The van der Waals surface area contributed by atoms with Gasteiger partial charge in [0.05, 0.1) is 0 Å². The first-order chi connectivity index (χ1) is 7.57. The first kappa shape index (κ1) is 18.1. The molecule has 0 radical (unpaired) electrons. The first-order valence-electron chi connectivity index (χ1n) is 7.04. The Hall–Kier alpha value is 0.100. The molecule has 0 spiro atoms. The summed E-state index contributed by atoms with van der Waals surface area (Å²) in [6.45, 7) is 22.1. The highest BCUT2D eigenvalue weighted by atomic mass is 31.1. The summed E-state index contributed by atoms with van der Waals surface area (Å²) in [6, 6.07) is 0. The Morgan fingerprint density at radius 3 is 1.00 bits per heavy atom. The van der Waals surface area contributed by atoms with Crippen molar-refractivity contribution in [2.45, 2.75) is 92.4 Å². The van der Waals surface area contributed by atoms with Gasteiger partial charge in [0.25, 0.3) is 0 Å². The fourth-order valence-corrected chi connectivity index (χ4v) is 6.43. The van der Waals surface area contributed by atoms with Gasteiger partial charge in [0.15, 0.2) is 10.3 Å². The summed E-state index contributed by atoms with van der Waals surface area (Å²) in [7, 11) is -1.25. The second kappa shape index (κ2) is 5.23. The Labute approximate surface area is 116 Å². The van der Waals surface area contributed by atoms with Crippen molar-refractivity contribution >= 4 is 7.80 Å². The molecule has 0 aromatic rings. The molecule has 0 heterocycles. The largest absolute Gasteiger partial charge is 0.350 e. The van der Waals surface area contributed by atoms with Gasteiger partial charge in [0.2, 0.25) is 0 Å². The Bertz CT molecular complexity index is 270. The summed E-state index contributed by atoms with van der Waals surface area (Å²) >= 11 is 0. The van der Waals surface area contributed by atoms with E-state index in [1.807, 2.05) is 0 Å². The van der Waals surface area contributed by atoms with E-state index in [0.717, 1.165) is 12.8 Å². The van der Waals surface area contributed by atoms with E-state index in [9.17, 15) is 4.57 Å². The predicted octanol–water partition coefficient (Wildman–Crippen LogP) is 6.24. The van der Waals surface area contributed by atoms with Crippen LogP contribution < -0.4 is 0 Å². The van der Waals surface area contributed by atoms with Crippen molar-refractivity contribution < 1.29 is 4.57 Å². The van der Waals surface area contributed by atoms with E-state index >= 15 is 0 Å². The fourth-order valence-electron chi connectivity index (χ4n) is 3.56. The van der Waals surface area contributed by atoms with Crippen LogP contribution in [-0.2, 0) is 4.57 Å². The van der Waals surface area contributed by atoms with E-state index in [1.165, 1.54) is 0 Å². The van der Waals surface area contributed by atoms with E-state index in [1.54, 1.807) is 0 Å². The Kier molecular flexibility index (Phi) is 5.26. The molecule has 0 aliphatic carbocycles. The molecular weight excluding hydrogens is 239 g/mol. The van der Waals surface area contributed by atoms with Crippen LogP contribution >= 0.6 is 7.80 Å². The van der Waals surface area contributed by atoms with Crippen LogP contribution in [0.15, 0.2) is 0 Å². The molecule has 1 nitrogen and oxygen atoms in total. The Morgan fingerprint density at radius 2 is 0.833 bits per heavy atom. The lowest BCUT2D eigenvalue weighted by Crippen LogP contribution is -2.32. The molecule has 0 saturated carbocycles. The molecule has 0 fully saturated rings. The zero-order valence-corrected chi connectivity index (χ0v) is 15.2. The lowest BCUT2D eigenvalue weighted by molar-refractivity contribution is 0.309. The molecule has 0 atom stereocenters. The second-order valence-corrected chi connectivity index (χ2v) is 12.4. The SMILES string of the molecule is CC(C)(C)CC(C)(C)[P+](=O)C(C)(C)CC(C)(C)C. The van der Waals surface area contributed by atoms with Gasteiger partial charge in [0, 0.05) is 12.8 Å². The molecule has 0 saturated heterocycles. The Balaban J connectivity index is 5.02. The second-order valence-electron chi connectivity index (χ2n) is 9.39. The van der Waals surface area contributed by atoms with Gasteiger partial charge in [0.1, 0.15) is 0 Å². The van der Waals surface area contributed by atoms with Gasteiger partial charge in [-0.25, -0.2) is 0 Å². The summed E-state index contributed by atoms with van der Waals surface area (Å²) in [5.74, 6) is 0. The van der Waals surface area contributed by atoms with Crippen molar-refractivity contribution in [3.63, 3.8) is 0 Å². The van der Waals surface area contributed by atoms with Crippen LogP contribution in [0.1, 0.15) is 82.1 Å². The van der Waals surface area contributed by atoms with Crippen LogP contribution in [-0.4, -0.2) is 10.3 Å².